The highest BCUT2D eigenvalue weighted by Gasteiger charge is 2.29. The van der Waals surface area contributed by atoms with Gasteiger partial charge in [-0.2, -0.15) is 0 Å². The van der Waals surface area contributed by atoms with Crippen LogP contribution >= 0.6 is 0 Å². The van der Waals surface area contributed by atoms with Crippen LogP contribution in [0.1, 0.15) is 10.4 Å². The zero-order valence-corrected chi connectivity index (χ0v) is 11.9. The molecular formula is C14H17NO6. The lowest BCUT2D eigenvalue weighted by atomic mass is 10.1. The van der Waals surface area contributed by atoms with Gasteiger partial charge in [0.1, 0.15) is 11.5 Å². The molecule has 0 radical (unpaired) electrons. The van der Waals surface area contributed by atoms with Crippen LogP contribution in [0.5, 0.6) is 11.5 Å². The standard InChI is InChI=1S/C14H17NO6/c1-19-10-5-9(6-11(7-10)20-2)13(16)15-3-4-21-12(8-15)14(17)18/h5-7,12H,3-4,8H2,1-2H3,(H,17,18)/t12-/m0/s1. The van der Waals surface area contributed by atoms with Crippen molar-refractivity contribution in [2.24, 2.45) is 0 Å². The number of carbonyl (C=O) groups excluding carboxylic acids is 1. The number of hydrogen-bond acceptors (Lipinski definition) is 5. The summed E-state index contributed by atoms with van der Waals surface area (Å²) in [7, 11) is 3.00. The van der Waals surface area contributed by atoms with E-state index in [-0.39, 0.29) is 19.1 Å². The predicted octanol–water partition coefficient (Wildman–Crippen LogP) is 0.629. The number of amides is 1. The number of carboxylic acid groups (broad SMARTS) is 1. The second-order valence-corrected chi connectivity index (χ2v) is 4.55. The fraction of sp³-hybridized carbons (Fsp3) is 0.429. The number of morpholine rings is 1. The minimum atomic E-state index is -1.07. The quantitative estimate of drug-likeness (QED) is 0.877. The van der Waals surface area contributed by atoms with Gasteiger partial charge < -0.3 is 24.2 Å². The highest BCUT2D eigenvalue weighted by molar-refractivity contribution is 5.95. The molecule has 1 aliphatic rings. The Hall–Kier alpha value is -2.28. The zero-order chi connectivity index (χ0) is 15.4. The third-order valence-corrected chi connectivity index (χ3v) is 3.23. The van der Waals surface area contributed by atoms with Crippen LogP contribution in [0.15, 0.2) is 18.2 Å². The molecule has 7 nitrogen and oxygen atoms in total. The number of nitrogens with zero attached hydrogens (tertiary/aromatic N) is 1. The van der Waals surface area contributed by atoms with Crippen LogP contribution in [-0.2, 0) is 9.53 Å². The van der Waals surface area contributed by atoms with Gasteiger partial charge in [-0.3, -0.25) is 4.79 Å². The average Bonchev–Trinajstić information content (AvgIpc) is 2.53. The van der Waals surface area contributed by atoms with E-state index in [4.69, 9.17) is 19.3 Å². The van der Waals surface area contributed by atoms with Gasteiger partial charge in [-0.25, -0.2) is 4.79 Å². The van der Waals surface area contributed by atoms with Crippen molar-refractivity contribution in [2.75, 3.05) is 33.9 Å². The first-order valence-electron chi connectivity index (χ1n) is 6.42. The molecule has 1 aromatic carbocycles. The fourth-order valence-corrected chi connectivity index (χ4v) is 2.10. The normalized spacial score (nSPS) is 18.2. The summed E-state index contributed by atoms with van der Waals surface area (Å²) in [6.07, 6.45) is -0.991. The summed E-state index contributed by atoms with van der Waals surface area (Å²) in [4.78, 5) is 24.9. The van der Waals surface area contributed by atoms with Crippen molar-refractivity contribution in [1.82, 2.24) is 4.90 Å². The minimum Gasteiger partial charge on any atom is -0.497 e. The molecule has 1 heterocycles. The van der Waals surface area contributed by atoms with Crippen molar-refractivity contribution >= 4 is 11.9 Å². The van der Waals surface area contributed by atoms with E-state index in [0.29, 0.717) is 23.6 Å². The molecule has 0 saturated carbocycles. The summed E-state index contributed by atoms with van der Waals surface area (Å²) in [6.45, 7) is 0.569. The van der Waals surface area contributed by atoms with Gasteiger partial charge in [-0.15, -0.1) is 0 Å². The van der Waals surface area contributed by atoms with E-state index in [2.05, 4.69) is 0 Å². The van der Waals surface area contributed by atoms with Crippen LogP contribution in [0.4, 0.5) is 0 Å². The van der Waals surface area contributed by atoms with Gasteiger partial charge in [-0.05, 0) is 12.1 Å². The molecule has 1 amide bonds. The van der Waals surface area contributed by atoms with Crippen LogP contribution in [0.3, 0.4) is 0 Å². The Morgan fingerprint density at radius 3 is 2.38 bits per heavy atom. The van der Waals surface area contributed by atoms with Crippen molar-refractivity contribution < 1.29 is 28.9 Å². The van der Waals surface area contributed by atoms with Gasteiger partial charge in [0.2, 0.25) is 0 Å². The average molecular weight is 295 g/mol. The van der Waals surface area contributed by atoms with E-state index in [1.165, 1.54) is 19.1 Å². The summed E-state index contributed by atoms with van der Waals surface area (Å²) < 4.78 is 15.4. The summed E-state index contributed by atoms with van der Waals surface area (Å²) in [5, 5.41) is 8.97. The summed E-state index contributed by atoms with van der Waals surface area (Å²) >= 11 is 0. The summed E-state index contributed by atoms with van der Waals surface area (Å²) in [5.41, 5.74) is 0.386. The number of methoxy groups -OCH3 is 2. The summed E-state index contributed by atoms with van der Waals surface area (Å²) in [6, 6.07) is 4.85. The van der Waals surface area contributed by atoms with Crippen molar-refractivity contribution in [3.05, 3.63) is 23.8 Å². The maximum atomic E-state index is 12.5. The van der Waals surface area contributed by atoms with E-state index in [0.717, 1.165) is 0 Å². The van der Waals surface area contributed by atoms with Gasteiger partial charge in [0.15, 0.2) is 6.10 Å². The number of benzene rings is 1. The van der Waals surface area contributed by atoms with E-state index in [1.807, 2.05) is 0 Å². The lowest BCUT2D eigenvalue weighted by molar-refractivity contribution is -0.154. The van der Waals surface area contributed by atoms with E-state index < -0.39 is 12.1 Å². The van der Waals surface area contributed by atoms with Gasteiger partial charge in [0.05, 0.1) is 27.4 Å². The fourth-order valence-electron chi connectivity index (χ4n) is 2.10. The van der Waals surface area contributed by atoms with Crippen LogP contribution in [0, 0.1) is 0 Å². The minimum absolute atomic E-state index is 0.0215. The van der Waals surface area contributed by atoms with Crippen LogP contribution < -0.4 is 9.47 Å². The molecule has 7 heteroatoms. The maximum absolute atomic E-state index is 12.5. The van der Waals surface area contributed by atoms with Crippen LogP contribution in [0.2, 0.25) is 0 Å². The Morgan fingerprint density at radius 2 is 1.86 bits per heavy atom. The molecular weight excluding hydrogens is 278 g/mol. The molecule has 1 atom stereocenters. The molecule has 114 valence electrons. The monoisotopic (exact) mass is 295 g/mol. The molecule has 1 fully saturated rings. The molecule has 0 aromatic heterocycles. The maximum Gasteiger partial charge on any atom is 0.334 e. The Balaban J connectivity index is 2.21. The van der Waals surface area contributed by atoms with Crippen molar-refractivity contribution in [2.45, 2.75) is 6.10 Å². The molecule has 0 aliphatic carbocycles. The van der Waals surface area contributed by atoms with Gasteiger partial charge in [-0.1, -0.05) is 0 Å². The van der Waals surface area contributed by atoms with E-state index in [9.17, 15) is 9.59 Å². The predicted molar refractivity (Wildman–Crippen MR) is 72.8 cm³/mol. The third kappa shape index (κ3) is 3.43. The number of aliphatic carboxylic acids is 1. The number of carboxylic acids is 1. The molecule has 21 heavy (non-hydrogen) atoms. The Kier molecular flexibility index (Phi) is 4.64. The topological polar surface area (TPSA) is 85.3 Å². The molecule has 1 saturated heterocycles. The first-order chi connectivity index (χ1) is 10.0. The highest BCUT2D eigenvalue weighted by atomic mass is 16.5. The lowest BCUT2D eigenvalue weighted by Gasteiger charge is -2.31. The third-order valence-electron chi connectivity index (χ3n) is 3.23. The molecule has 0 bridgehead atoms. The molecule has 0 spiro atoms. The van der Waals surface area contributed by atoms with Gasteiger partial charge in [0.25, 0.3) is 5.91 Å². The smallest absolute Gasteiger partial charge is 0.334 e. The largest absolute Gasteiger partial charge is 0.497 e. The molecule has 1 aliphatic heterocycles. The zero-order valence-electron chi connectivity index (χ0n) is 11.9. The Labute approximate surface area is 122 Å². The Bertz CT molecular complexity index is 522. The molecule has 0 unspecified atom stereocenters. The first-order valence-corrected chi connectivity index (χ1v) is 6.42. The second kappa shape index (κ2) is 6.45. The number of ether oxygens (including phenoxy) is 3. The van der Waals surface area contributed by atoms with Crippen molar-refractivity contribution in [3.8, 4) is 11.5 Å². The summed E-state index contributed by atoms with van der Waals surface area (Å²) in [5.74, 6) is -0.348. The van der Waals surface area contributed by atoms with Gasteiger partial charge in [0, 0.05) is 18.2 Å². The SMILES string of the molecule is COc1cc(OC)cc(C(=O)N2CCO[C@H](C(=O)O)C2)c1. The molecule has 2 rings (SSSR count). The number of hydrogen-bond donors (Lipinski definition) is 1. The molecule has 1 N–H and O–H groups in total. The van der Waals surface area contributed by atoms with Crippen molar-refractivity contribution in [1.29, 1.82) is 0 Å². The second-order valence-electron chi connectivity index (χ2n) is 4.55. The van der Waals surface area contributed by atoms with Crippen molar-refractivity contribution in [3.63, 3.8) is 0 Å². The lowest BCUT2D eigenvalue weighted by Crippen LogP contribution is -2.48. The number of carbonyl (C=O) groups is 2. The highest BCUT2D eigenvalue weighted by Crippen LogP contribution is 2.24. The van der Waals surface area contributed by atoms with E-state index in [1.54, 1.807) is 18.2 Å². The van der Waals surface area contributed by atoms with E-state index >= 15 is 0 Å². The van der Waals surface area contributed by atoms with Crippen LogP contribution in [0.25, 0.3) is 0 Å². The molecule has 1 aromatic rings. The van der Waals surface area contributed by atoms with Crippen LogP contribution in [-0.4, -0.2) is 61.9 Å². The number of rotatable bonds is 4. The first kappa shape index (κ1) is 15.1. The Morgan fingerprint density at radius 1 is 1.24 bits per heavy atom. The van der Waals surface area contributed by atoms with Gasteiger partial charge >= 0.3 is 5.97 Å².